The molecular formula is C14H19N5O. The van der Waals surface area contributed by atoms with E-state index in [2.05, 4.69) is 15.3 Å². The Bertz CT molecular complexity index is 612. The highest BCUT2D eigenvalue weighted by Gasteiger charge is 2.14. The summed E-state index contributed by atoms with van der Waals surface area (Å²) in [6.45, 7) is 6.52. The van der Waals surface area contributed by atoms with Crippen molar-refractivity contribution in [3.05, 3.63) is 35.4 Å². The van der Waals surface area contributed by atoms with Gasteiger partial charge < -0.3 is 10.3 Å². The van der Waals surface area contributed by atoms with E-state index in [0.717, 1.165) is 24.4 Å². The third kappa shape index (κ3) is 3.14. The van der Waals surface area contributed by atoms with Crippen LogP contribution in [0.2, 0.25) is 0 Å². The van der Waals surface area contributed by atoms with Gasteiger partial charge >= 0.3 is 0 Å². The molecule has 0 aliphatic carbocycles. The molecule has 2 aromatic heterocycles. The van der Waals surface area contributed by atoms with Crippen molar-refractivity contribution in [2.75, 3.05) is 11.1 Å². The van der Waals surface area contributed by atoms with Crippen LogP contribution in [0.5, 0.6) is 0 Å². The van der Waals surface area contributed by atoms with E-state index in [-0.39, 0.29) is 5.91 Å². The highest BCUT2D eigenvalue weighted by atomic mass is 16.2. The fourth-order valence-corrected chi connectivity index (χ4v) is 2.10. The molecule has 0 aliphatic rings. The molecule has 0 bridgehead atoms. The zero-order valence-corrected chi connectivity index (χ0v) is 12.0. The molecule has 20 heavy (non-hydrogen) atoms. The summed E-state index contributed by atoms with van der Waals surface area (Å²) in [5.41, 5.74) is 8.48. The van der Waals surface area contributed by atoms with Crippen molar-refractivity contribution in [3.8, 4) is 0 Å². The van der Waals surface area contributed by atoms with Gasteiger partial charge in [0, 0.05) is 24.1 Å². The average molecular weight is 273 g/mol. The molecule has 1 amide bonds. The highest BCUT2D eigenvalue weighted by Crippen LogP contribution is 2.13. The Hall–Kier alpha value is -2.37. The van der Waals surface area contributed by atoms with Crippen molar-refractivity contribution in [1.82, 2.24) is 14.5 Å². The fraction of sp³-hybridized carbons (Fsp3) is 0.357. The number of nitrogen functional groups attached to an aromatic ring is 1. The molecule has 0 unspecified atom stereocenters. The number of nitrogens with two attached hydrogens (primary N) is 1. The number of nitrogens with one attached hydrogen (secondary N) is 1. The summed E-state index contributed by atoms with van der Waals surface area (Å²) < 4.78 is 1.84. The predicted octanol–water partition coefficient (Wildman–Crippen LogP) is 2.14. The van der Waals surface area contributed by atoms with Crippen LogP contribution in [-0.4, -0.2) is 20.4 Å². The van der Waals surface area contributed by atoms with Crippen LogP contribution in [0.4, 0.5) is 11.6 Å². The molecule has 0 aromatic carbocycles. The van der Waals surface area contributed by atoms with E-state index in [9.17, 15) is 4.79 Å². The molecule has 0 saturated carbocycles. The fourth-order valence-electron chi connectivity index (χ4n) is 2.10. The van der Waals surface area contributed by atoms with Gasteiger partial charge in [0.25, 0.3) is 5.91 Å². The van der Waals surface area contributed by atoms with Crippen molar-refractivity contribution >= 4 is 17.5 Å². The molecule has 6 heteroatoms. The summed E-state index contributed by atoms with van der Waals surface area (Å²) in [5, 5.41) is 2.71. The largest absolute Gasteiger partial charge is 0.397 e. The van der Waals surface area contributed by atoms with E-state index in [1.54, 1.807) is 12.3 Å². The zero-order chi connectivity index (χ0) is 14.7. The predicted molar refractivity (Wildman–Crippen MR) is 78.6 cm³/mol. The normalized spacial score (nSPS) is 10.6. The lowest BCUT2D eigenvalue weighted by molar-refractivity contribution is 0.101. The number of aromatic nitrogens is 3. The Morgan fingerprint density at radius 1 is 1.30 bits per heavy atom. The molecule has 2 heterocycles. The Kier molecular flexibility index (Phi) is 4.02. The van der Waals surface area contributed by atoms with Gasteiger partial charge in [0.05, 0.1) is 5.69 Å². The zero-order valence-electron chi connectivity index (χ0n) is 12.0. The number of hydrogen-bond acceptors (Lipinski definition) is 4. The van der Waals surface area contributed by atoms with Gasteiger partial charge in [-0.05, 0) is 32.4 Å². The Balaban J connectivity index is 2.23. The van der Waals surface area contributed by atoms with Crippen LogP contribution in [0.15, 0.2) is 18.3 Å². The third-order valence-electron chi connectivity index (χ3n) is 2.82. The number of amides is 1. The minimum Gasteiger partial charge on any atom is -0.397 e. The minimum absolute atomic E-state index is 0.250. The molecule has 3 N–H and O–H groups in total. The molecule has 106 valence electrons. The van der Waals surface area contributed by atoms with E-state index < -0.39 is 0 Å². The van der Waals surface area contributed by atoms with Crippen LogP contribution in [0.1, 0.15) is 35.2 Å². The molecule has 0 saturated heterocycles. The van der Waals surface area contributed by atoms with E-state index in [1.807, 2.05) is 31.4 Å². The van der Waals surface area contributed by atoms with Crippen molar-refractivity contribution in [2.24, 2.45) is 0 Å². The highest BCUT2D eigenvalue weighted by molar-refractivity contribution is 6.02. The van der Waals surface area contributed by atoms with Gasteiger partial charge in [-0.15, -0.1) is 0 Å². The molecule has 0 fully saturated rings. The van der Waals surface area contributed by atoms with Gasteiger partial charge in [0.2, 0.25) is 5.95 Å². The first-order valence-corrected chi connectivity index (χ1v) is 6.59. The number of anilines is 2. The Labute approximate surface area is 118 Å². The maximum absolute atomic E-state index is 12.3. The van der Waals surface area contributed by atoms with Crippen LogP contribution in [-0.2, 0) is 6.54 Å². The average Bonchev–Trinajstić information content (AvgIpc) is 2.69. The van der Waals surface area contributed by atoms with Crippen molar-refractivity contribution in [3.63, 3.8) is 0 Å². The number of aryl methyl sites for hydroxylation is 3. The third-order valence-corrected chi connectivity index (χ3v) is 2.82. The smallest absolute Gasteiger partial charge is 0.274 e. The molecule has 0 atom stereocenters. The van der Waals surface area contributed by atoms with E-state index in [1.165, 1.54) is 0 Å². The first kappa shape index (κ1) is 14.0. The monoisotopic (exact) mass is 273 g/mol. The van der Waals surface area contributed by atoms with Crippen LogP contribution in [0.3, 0.4) is 0 Å². The summed E-state index contributed by atoms with van der Waals surface area (Å²) in [6.07, 6.45) is 2.69. The molecule has 2 aromatic rings. The number of carbonyl (C=O) groups excluding carboxylic acids is 1. The molecule has 0 aliphatic heterocycles. The van der Waals surface area contributed by atoms with Crippen LogP contribution >= 0.6 is 0 Å². The molecule has 0 radical (unpaired) electrons. The van der Waals surface area contributed by atoms with E-state index in [4.69, 9.17) is 5.73 Å². The first-order chi connectivity index (χ1) is 9.49. The van der Waals surface area contributed by atoms with Crippen LogP contribution < -0.4 is 11.1 Å². The lowest BCUT2D eigenvalue weighted by atomic mass is 10.3. The van der Waals surface area contributed by atoms with Gasteiger partial charge in [0.1, 0.15) is 5.69 Å². The molecule has 0 spiro atoms. The number of nitrogens with zero attached hydrogens (tertiary/aromatic N) is 3. The summed E-state index contributed by atoms with van der Waals surface area (Å²) in [5.74, 6) is 0.0652. The van der Waals surface area contributed by atoms with Gasteiger partial charge in [0.15, 0.2) is 0 Å². The molecule has 2 rings (SSSR count). The standard InChI is InChI=1S/C14H19N5O/c1-4-5-19-8-11(15)7-12(19)13(20)18-14-16-9(2)6-10(3)17-14/h6-8H,4-5,15H2,1-3H3,(H,16,17,18,20). The van der Waals surface area contributed by atoms with Crippen molar-refractivity contribution in [2.45, 2.75) is 33.7 Å². The summed E-state index contributed by atoms with van der Waals surface area (Å²) in [4.78, 5) is 20.7. The second kappa shape index (κ2) is 5.73. The van der Waals surface area contributed by atoms with Crippen molar-refractivity contribution in [1.29, 1.82) is 0 Å². The van der Waals surface area contributed by atoms with E-state index in [0.29, 0.717) is 17.3 Å². The lowest BCUT2D eigenvalue weighted by Crippen LogP contribution is -2.18. The summed E-state index contributed by atoms with van der Waals surface area (Å²) in [7, 11) is 0. The van der Waals surface area contributed by atoms with E-state index >= 15 is 0 Å². The van der Waals surface area contributed by atoms with Gasteiger partial charge in [-0.3, -0.25) is 10.1 Å². The summed E-state index contributed by atoms with van der Waals surface area (Å²) in [6, 6.07) is 3.51. The quantitative estimate of drug-likeness (QED) is 0.893. The van der Waals surface area contributed by atoms with Crippen molar-refractivity contribution < 1.29 is 4.79 Å². The van der Waals surface area contributed by atoms with Crippen LogP contribution in [0.25, 0.3) is 0 Å². The SMILES string of the molecule is CCCn1cc(N)cc1C(=O)Nc1nc(C)cc(C)n1. The lowest BCUT2D eigenvalue weighted by Gasteiger charge is -2.08. The second-order valence-electron chi connectivity index (χ2n) is 4.78. The van der Waals surface area contributed by atoms with Gasteiger partial charge in [-0.25, -0.2) is 9.97 Å². The van der Waals surface area contributed by atoms with Crippen LogP contribution in [0, 0.1) is 13.8 Å². The number of rotatable bonds is 4. The Morgan fingerprint density at radius 3 is 2.55 bits per heavy atom. The van der Waals surface area contributed by atoms with Gasteiger partial charge in [-0.2, -0.15) is 0 Å². The molecule has 6 nitrogen and oxygen atoms in total. The summed E-state index contributed by atoms with van der Waals surface area (Å²) >= 11 is 0. The number of carbonyl (C=O) groups is 1. The maximum Gasteiger partial charge on any atom is 0.274 e. The molecular weight excluding hydrogens is 254 g/mol. The topological polar surface area (TPSA) is 85.8 Å². The first-order valence-electron chi connectivity index (χ1n) is 6.59. The second-order valence-corrected chi connectivity index (χ2v) is 4.78. The maximum atomic E-state index is 12.3. The minimum atomic E-state index is -0.250. The van der Waals surface area contributed by atoms with Gasteiger partial charge in [-0.1, -0.05) is 6.92 Å². The Morgan fingerprint density at radius 2 is 1.95 bits per heavy atom. The number of hydrogen-bond donors (Lipinski definition) is 2.